The molecule has 3 aromatic carbocycles. The van der Waals surface area contributed by atoms with E-state index in [1.807, 2.05) is 36.4 Å². The van der Waals surface area contributed by atoms with Crippen LogP contribution >= 0.6 is 22.7 Å². The number of rotatable bonds is 2. The molecule has 4 heterocycles. The molecule has 0 saturated heterocycles. The molecule has 11 rings (SSSR count). The second-order valence-electron chi connectivity index (χ2n) is 15.5. The van der Waals surface area contributed by atoms with Crippen molar-refractivity contribution in [3.63, 3.8) is 0 Å². The first-order chi connectivity index (χ1) is 26.3. The Balaban J connectivity index is 1.07. The third-order valence-electron chi connectivity index (χ3n) is 12.4. The predicted molar refractivity (Wildman–Crippen MR) is 211 cm³/mol. The molecule has 2 fully saturated rings. The van der Waals surface area contributed by atoms with Crippen molar-refractivity contribution >= 4 is 69.1 Å². The molecule has 0 radical (unpaired) electrons. The molecule has 0 N–H and O–H groups in total. The summed E-state index contributed by atoms with van der Waals surface area (Å²) in [4.78, 5) is 56.3. The Kier molecular flexibility index (Phi) is 6.97. The Bertz CT molecular complexity index is 2420. The summed E-state index contributed by atoms with van der Waals surface area (Å²) >= 11 is 3.30. The quantitative estimate of drug-likeness (QED) is 0.132. The van der Waals surface area contributed by atoms with E-state index in [2.05, 4.69) is 24.3 Å². The zero-order chi connectivity index (χ0) is 36.3. The first-order valence-electron chi connectivity index (χ1n) is 19.0. The fourth-order valence-corrected chi connectivity index (χ4v) is 12.2. The number of ketones is 4. The maximum atomic E-state index is 13.2. The summed E-state index contributed by atoms with van der Waals surface area (Å²) in [6, 6.07) is 23.2. The van der Waals surface area contributed by atoms with Gasteiger partial charge in [-0.1, -0.05) is 61.4 Å². The Morgan fingerprint density at radius 2 is 0.852 bits per heavy atom. The van der Waals surface area contributed by atoms with E-state index in [1.165, 1.54) is 0 Å². The van der Waals surface area contributed by atoms with Gasteiger partial charge in [-0.2, -0.15) is 0 Å². The summed E-state index contributed by atoms with van der Waals surface area (Å²) in [5.74, 6) is -0.152. The summed E-state index contributed by atoms with van der Waals surface area (Å²) in [5.41, 5.74) is 6.54. The summed E-state index contributed by atoms with van der Waals surface area (Å²) in [6.07, 6.45) is 14.0. The highest BCUT2D eigenvalue weighted by molar-refractivity contribution is 7.17. The van der Waals surface area contributed by atoms with Crippen LogP contribution in [0.2, 0.25) is 0 Å². The van der Waals surface area contributed by atoms with Gasteiger partial charge in [0.05, 0.1) is 0 Å². The molecule has 0 unspecified atom stereocenters. The first kappa shape index (κ1) is 32.3. The molecular formula is C46H34O6S2. The van der Waals surface area contributed by atoms with Crippen LogP contribution in [0, 0.1) is 0 Å². The normalized spacial score (nSPS) is 21.4. The van der Waals surface area contributed by atoms with Gasteiger partial charge < -0.3 is 9.47 Å². The monoisotopic (exact) mass is 746 g/mol. The third-order valence-corrected chi connectivity index (χ3v) is 14.6. The molecule has 54 heavy (non-hydrogen) atoms. The van der Waals surface area contributed by atoms with Crippen molar-refractivity contribution in [2.45, 2.75) is 75.4 Å². The van der Waals surface area contributed by atoms with E-state index < -0.39 is 34.3 Å². The van der Waals surface area contributed by atoms with Gasteiger partial charge in [0.15, 0.2) is 0 Å². The maximum Gasteiger partial charge on any atom is 0.234 e. The summed E-state index contributed by atoms with van der Waals surface area (Å²) in [5, 5.41) is 0. The van der Waals surface area contributed by atoms with Crippen LogP contribution in [0.5, 0.6) is 11.5 Å². The van der Waals surface area contributed by atoms with Crippen molar-refractivity contribution < 1.29 is 28.7 Å². The van der Waals surface area contributed by atoms with Crippen LogP contribution in [-0.4, -0.2) is 23.1 Å². The highest BCUT2D eigenvalue weighted by Crippen LogP contribution is 2.60. The number of carbonyl (C=O) groups is 4. The van der Waals surface area contributed by atoms with Crippen LogP contribution in [0.15, 0.2) is 72.8 Å². The second-order valence-corrected chi connectivity index (χ2v) is 17.6. The van der Waals surface area contributed by atoms with E-state index in [-0.39, 0.29) is 0 Å². The summed E-state index contributed by atoms with van der Waals surface area (Å²) in [6.45, 7) is 0. The lowest BCUT2D eigenvalue weighted by atomic mass is 9.76. The molecule has 266 valence electrons. The van der Waals surface area contributed by atoms with E-state index in [0.717, 1.165) is 117 Å². The van der Waals surface area contributed by atoms with E-state index in [4.69, 9.17) is 9.47 Å². The van der Waals surface area contributed by atoms with Gasteiger partial charge in [-0.15, -0.1) is 22.7 Å². The van der Waals surface area contributed by atoms with Crippen molar-refractivity contribution in [3.8, 4) is 32.4 Å². The average molecular weight is 747 g/mol. The first-order valence-corrected chi connectivity index (χ1v) is 20.6. The van der Waals surface area contributed by atoms with Gasteiger partial charge in [-0.05, 0) is 98.9 Å². The Hall–Kier alpha value is -5.18. The number of hydrogen-bond donors (Lipinski definition) is 0. The molecule has 2 spiro atoms. The second kappa shape index (κ2) is 11.7. The number of fused-ring (bicyclic) bond motifs is 10. The standard InChI is InChI=1S/C46H34O6S2/c47-39-29-13-5-3-11-27(29)31(41(39)49)19-25-21-35-43(53-25)33-24-38-34(23-37(33)51-45(35)15-7-1-8-16-45)44-36(46(52-38)17-9-2-10-18-46)22-26(54-44)20-32-28-12-4-6-14-30(28)40(48)42(32)50/h3-6,11-14,19-24H,1-2,7-10,15-18H2/b31-19-,32-20-. The smallest absolute Gasteiger partial charge is 0.234 e. The van der Waals surface area contributed by atoms with Crippen molar-refractivity contribution in [1.29, 1.82) is 0 Å². The molecule has 4 aliphatic carbocycles. The molecule has 2 saturated carbocycles. The van der Waals surface area contributed by atoms with E-state index >= 15 is 0 Å². The molecule has 8 heteroatoms. The van der Waals surface area contributed by atoms with Gasteiger partial charge in [-0.3, -0.25) is 19.2 Å². The van der Waals surface area contributed by atoms with Crippen molar-refractivity contribution in [2.75, 3.05) is 0 Å². The van der Waals surface area contributed by atoms with E-state index in [0.29, 0.717) is 33.4 Å². The van der Waals surface area contributed by atoms with Crippen LogP contribution in [0.1, 0.15) is 117 Å². The fourth-order valence-electron chi connectivity index (χ4n) is 9.78. The molecular weight excluding hydrogens is 713 g/mol. The lowest BCUT2D eigenvalue weighted by Gasteiger charge is -2.44. The van der Waals surface area contributed by atoms with Crippen LogP contribution in [0.25, 0.3) is 44.2 Å². The number of allylic oxidation sites excluding steroid dienone is 2. The van der Waals surface area contributed by atoms with Gasteiger partial charge in [0, 0.05) is 64.0 Å². The molecule has 2 aromatic heterocycles. The Labute approximate surface area is 320 Å². The van der Waals surface area contributed by atoms with Crippen molar-refractivity contribution in [2.24, 2.45) is 0 Å². The van der Waals surface area contributed by atoms with E-state index in [1.54, 1.807) is 46.9 Å². The highest BCUT2D eigenvalue weighted by Gasteiger charge is 2.47. The maximum absolute atomic E-state index is 13.2. The third kappa shape index (κ3) is 4.56. The van der Waals surface area contributed by atoms with Crippen molar-refractivity contribution in [3.05, 3.63) is 116 Å². The number of hydrogen-bond acceptors (Lipinski definition) is 8. The van der Waals surface area contributed by atoms with Crippen LogP contribution in [0.3, 0.4) is 0 Å². The molecule has 0 atom stereocenters. The number of ether oxygens (including phenoxy) is 2. The number of thiophene rings is 2. The Morgan fingerprint density at radius 1 is 0.463 bits per heavy atom. The fraction of sp³-hybridized carbons (Fsp3) is 0.261. The Morgan fingerprint density at radius 3 is 1.26 bits per heavy atom. The van der Waals surface area contributed by atoms with Gasteiger partial charge in [-0.25, -0.2) is 0 Å². The molecule has 6 nitrogen and oxygen atoms in total. The molecule has 6 aliphatic rings. The number of carbonyl (C=O) groups excluding carboxylic acids is 4. The lowest BCUT2D eigenvalue weighted by molar-refractivity contribution is -0.110. The minimum Gasteiger partial charge on any atom is -0.482 e. The van der Waals surface area contributed by atoms with Gasteiger partial charge in [0.2, 0.25) is 23.1 Å². The molecule has 2 aliphatic heterocycles. The van der Waals surface area contributed by atoms with Crippen LogP contribution in [0.4, 0.5) is 0 Å². The number of benzene rings is 3. The molecule has 5 aromatic rings. The van der Waals surface area contributed by atoms with E-state index in [9.17, 15) is 19.2 Å². The lowest BCUT2D eigenvalue weighted by Crippen LogP contribution is -2.38. The zero-order valence-corrected chi connectivity index (χ0v) is 31.1. The topological polar surface area (TPSA) is 86.7 Å². The van der Waals surface area contributed by atoms with Crippen LogP contribution in [-0.2, 0) is 20.8 Å². The predicted octanol–water partition coefficient (Wildman–Crippen LogP) is 10.9. The van der Waals surface area contributed by atoms with Gasteiger partial charge in [0.1, 0.15) is 22.7 Å². The van der Waals surface area contributed by atoms with Crippen LogP contribution < -0.4 is 9.47 Å². The highest BCUT2D eigenvalue weighted by atomic mass is 32.1. The minimum absolute atomic E-state index is 0.448. The minimum atomic E-state index is -0.480. The largest absolute Gasteiger partial charge is 0.482 e. The number of Topliss-reactive ketones (excluding diaryl/α,β-unsaturated/α-hetero) is 4. The zero-order valence-electron chi connectivity index (χ0n) is 29.4. The SMILES string of the molecule is O=C1C(=O)c2ccccc2/C1=C/c1cc2c(s1)-c1cc3c(cc1OC21CCCCC1)-c1sc(/C=C2\C(=O)C(=O)c4ccccc42)cc1C1(CCCCC1)O3. The van der Waals surface area contributed by atoms with Crippen molar-refractivity contribution in [1.82, 2.24) is 0 Å². The summed E-state index contributed by atoms with van der Waals surface area (Å²) in [7, 11) is 0. The van der Waals surface area contributed by atoms with Gasteiger partial charge >= 0.3 is 0 Å². The summed E-state index contributed by atoms with van der Waals surface area (Å²) < 4.78 is 14.4. The average Bonchev–Trinajstić information content (AvgIpc) is 3.95. The van der Waals surface area contributed by atoms with Gasteiger partial charge in [0.25, 0.3) is 0 Å². The molecule has 0 amide bonds. The molecule has 0 bridgehead atoms.